The maximum Gasteiger partial charge on any atom is 0.123 e. The molecule has 0 saturated heterocycles. The molecule has 0 heterocycles. The summed E-state index contributed by atoms with van der Waals surface area (Å²) in [6.07, 6.45) is 3.20. The molecular weight excluding hydrogens is 201 g/mol. The van der Waals surface area contributed by atoms with Gasteiger partial charge in [-0.15, -0.1) is 0 Å². The molecule has 1 rings (SSSR count). The maximum atomic E-state index is 12.9. The van der Waals surface area contributed by atoms with Crippen molar-refractivity contribution in [2.24, 2.45) is 0 Å². The summed E-state index contributed by atoms with van der Waals surface area (Å²) in [5.74, 6) is -0.134. The predicted molar refractivity (Wildman–Crippen MR) is 67.1 cm³/mol. The van der Waals surface area contributed by atoms with Gasteiger partial charge in [-0.2, -0.15) is 0 Å². The molecule has 0 aliphatic carbocycles. The van der Waals surface area contributed by atoms with Crippen molar-refractivity contribution < 1.29 is 4.39 Å². The van der Waals surface area contributed by atoms with E-state index in [0.29, 0.717) is 0 Å². The number of benzene rings is 1. The summed E-state index contributed by atoms with van der Waals surface area (Å²) in [5, 5.41) is 3.45. The smallest absolute Gasteiger partial charge is 0.123 e. The maximum absolute atomic E-state index is 12.9. The van der Waals surface area contributed by atoms with Gasteiger partial charge in [-0.3, -0.25) is 0 Å². The van der Waals surface area contributed by atoms with E-state index in [-0.39, 0.29) is 11.4 Å². The van der Waals surface area contributed by atoms with Crippen molar-refractivity contribution in [2.75, 3.05) is 6.54 Å². The minimum absolute atomic E-state index is 0.134. The van der Waals surface area contributed by atoms with Gasteiger partial charge in [0.2, 0.25) is 0 Å². The second kappa shape index (κ2) is 6.00. The summed E-state index contributed by atoms with van der Waals surface area (Å²) in [5.41, 5.74) is 1.29. The molecule has 0 bridgehead atoms. The van der Waals surface area contributed by atoms with Crippen molar-refractivity contribution in [3.05, 3.63) is 35.6 Å². The predicted octanol–water partition coefficient (Wildman–Crippen LogP) is 3.54. The molecule has 0 atom stereocenters. The van der Waals surface area contributed by atoms with Crippen LogP contribution < -0.4 is 5.32 Å². The summed E-state index contributed by atoms with van der Waals surface area (Å²) in [7, 11) is 0. The zero-order chi connectivity index (χ0) is 12.0. The molecule has 1 aromatic rings. The van der Waals surface area contributed by atoms with Crippen molar-refractivity contribution in [2.45, 2.75) is 45.6 Å². The van der Waals surface area contributed by atoms with Gasteiger partial charge >= 0.3 is 0 Å². The van der Waals surface area contributed by atoms with E-state index in [1.165, 1.54) is 6.07 Å². The Morgan fingerprint density at radius 1 is 1.19 bits per heavy atom. The largest absolute Gasteiger partial charge is 0.312 e. The molecule has 0 unspecified atom stereocenters. The number of halogens is 1. The van der Waals surface area contributed by atoms with E-state index in [9.17, 15) is 4.39 Å². The van der Waals surface area contributed by atoms with Crippen LogP contribution in [0.25, 0.3) is 0 Å². The molecule has 0 saturated carbocycles. The average molecular weight is 223 g/mol. The lowest BCUT2D eigenvalue weighted by molar-refractivity contribution is 0.419. The van der Waals surface area contributed by atoms with Crippen LogP contribution in [0.3, 0.4) is 0 Å². The first-order valence-corrected chi connectivity index (χ1v) is 5.97. The average Bonchev–Trinajstić information content (AvgIpc) is 2.15. The molecular formula is C14H22FN. The highest BCUT2D eigenvalue weighted by atomic mass is 19.1. The van der Waals surface area contributed by atoms with Crippen LogP contribution in [0.15, 0.2) is 24.3 Å². The van der Waals surface area contributed by atoms with E-state index in [4.69, 9.17) is 0 Å². The fourth-order valence-corrected chi connectivity index (χ4v) is 1.61. The third-order valence-electron chi connectivity index (χ3n) is 2.44. The quantitative estimate of drug-likeness (QED) is 0.753. The van der Waals surface area contributed by atoms with Gasteiger partial charge in [0.05, 0.1) is 0 Å². The first-order chi connectivity index (χ1) is 7.47. The van der Waals surface area contributed by atoms with Crippen molar-refractivity contribution >= 4 is 0 Å². The molecule has 1 aromatic carbocycles. The highest BCUT2D eigenvalue weighted by Gasteiger charge is 2.06. The minimum atomic E-state index is -0.134. The van der Waals surface area contributed by atoms with Crippen LogP contribution in [0, 0.1) is 5.82 Å². The molecule has 0 fully saturated rings. The van der Waals surface area contributed by atoms with Crippen molar-refractivity contribution in [3.63, 3.8) is 0 Å². The highest BCUT2D eigenvalue weighted by molar-refractivity contribution is 5.16. The van der Waals surface area contributed by atoms with E-state index < -0.39 is 0 Å². The monoisotopic (exact) mass is 223 g/mol. The lowest BCUT2D eigenvalue weighted by Crippen LogP contribution is -2.36. The fraction of sp³-hybridized carbons (Fsp3) is 0.571. The Morgan fingerprint density at radius 3 is 2.56 bits per heavy atom. The van der Waals surface area contributed by atoms with Gasteiger partial charge < -0.3 is 5.32 Å². The Bertz CT molecular complexity index is 315. The Labute approximate surface area is 98.1 Å². The van der Waals surface area contributed by atoms with Gasteiger partial charge in [0.15, 0.2) is 0 Å². The zero-order valence-electron chi connectivity index (χ0n) is 10.5. The van der Waals surface area contributed by atoms with Crippen LogP contribution >= 0.6 is 0 Å². The summed E-state index contributed by atoms with van der Waals surface area (Å²) in [6, 6.07) is 6.88. The van der Waals surface area contributed by atoms with E-state index in [0.717, 1.165) is 31.4 Å². The van der Waals surface area contributed by atoms with Crippen molar-refractivity contribution in [1.82, 2.24) is 5.32 Å². The summed E-state index contributed by atoms with van der Waals surface area (Å²) in [4.78, 5) is 0. The molecule has 0 amide bonds. The molecule has 0 aromatic heterocycles. The first-order valence-electron chi connectivity index (χ1n) is 5.97. The highest BCUT2D eigenvalue weighted by Crippen LogP contribution is 2.07. The molecule has 2 heteroatoms. The van der Waals surface area contributed by atoms with E-state index >= 15 is 0 Å². The minimum Gasteiger partial charge on any atom is -0.312 e. The number of aryl methyl sites for hydroxylation is 1. The summed E-state index contributed by atoms with van der Waals surface area (Å²) >= 11 is 0. The normalized spacial score (nSPS) is 11.8. The Hall–Kier alpha value is -0.890. The molecule has 0 aliphatic heterocycles. The van der Waals surface area contributed by atoms with Crippen LogP contribution in [0.5, 0.6) is 0 Å². The standard InChI is InChI=1S/C14H22FN/c1-14(2,3)16-10-5-4-7-12-8-6-9-13(15)11-12/h6,8-9,11,16H,4-5,7,10H2,1-3H3. The molecule has 16 heavy (non-hydrogen) atoms. The first kappa shape index (κ1) is 13.2. The van der Waals surface area contributed by atoms with Gasteiger partial charge in [-0.05, 0) is 64.3 Å². The molecule has 1 N–H and O–H groups in total. The van der Waals surface area contributed by atoms with Crippen LogP contribution in [-0.4, -0.2) is 12.1 Å². The Morgan fingerprint density at radius 2 is 1.94 bits per heavy atom. The molecule has 1 nitrogen and oxygen atoms in total. The Balaban J connectivity index is 2.17. The third-order valence-corrected chi connectivity index (χ3v) is 2.44. The van der Waals surface area contributed by atoms with Crippen LogP contribution in [0.4, 0.5) is 4.39 Å². The van der Waals surface area contributed by atoms with Crippen molar-refractivity contribution in [1.29, 1.82) is 0 Å². The van der Waals surface area contributed by atoms with Crippen molar-refractivity contribution in [3.8, 4) is 0 Å². The molecule has 0 aliphatic rings. The van der Waals surface area contributed by atoms with E-state index in [2.05, 4.69) is 26.1 Å². The Kier molecular flexibility index (Phi) is 4.94. The molecule has 0 radical (unpaired) electrons. The number of hydrogen-bond acceptors (Lipinski definition) is 1. The van der Waals surface area contributed by atoms with Crippen LogP contribution in [-0.2, 0) is 6.42 Å². The van der Waals surface area contributed by atoms with Gasteiger partial charge in [0.1, 0.15) is 5.82 Å². The van der Waals surface area contributed by atoms with E-state index in [1.807, 2.05) is 6.07 Å². The number of hydrogen-bond donors (Lipinski definition) is 1. The third kappa shape index (κ3) is 5.86. The van der Waals surface area contributed by atoms with Gasteiger partial charge in [0, 0.05) is 5.54 Å². The second-order valence-electron chi connectivity index (χ2n) is 5.26. The number of unbranched alkanes of at least 4 members (excludes halogenated alkanes) is 1. The lowest BCUT2D eigenvalue weighted by Gasteiger charge is -2.20. The SMILES string of the molecule is CC(C)(C)NCCCCc1cccc(F)c1. The zero-order valence-corrected chi connectivity index (χ0v) is 10.5. The van der Waals surface area contributed by atoms with Gasteiger partial charge in [0.25, 0.3) is 0 Å². The lowest BCUT2D eigenvalue weighted by atomic mass is 10.1. The number of rotatable bonds is 5. The van der Waals surface area contributed by atoms with E-state index in [1.54, 1.807) is 12.1 Å². The fourth-order valence-electron chi connectivity index (χ4n) is 1.61. The van der Waals surface area contributed by atoms with Crippen LogP contribution in [0.2, 0.25) is 0 Å². The summed E-state index contributed by atoms with van der Waals surface area (Å²) < 4.78 is 12.9. The topological polar surface area (TPSA) is 12.0 Å². The second-order valence-corrected chi connectivity index (χ2v) is 5.26. The molecule has 0 spiro atoms. The van der Waals surface area contributed by atoms with Gasteiger partial charge in [-0.25, -0.2) is 4.39 Å². The van der Waals surface area contributed by atoms with Gasteiger partial charge in [-0.1, -0.05) is 12.1 Å². The number of nitrogens with one attached hydrogen (secondary N) is 1. The van der Waals surface area contributed by atoms with Crippen LogP contribution in [0.1, 0.15) is 39.2 Å². The summed E-state index contributed by atoms with van der Waals surface area (Å²) in [6.45, 7) is 7.53. The molecule has 90 valence electrons.